The molecular weight excluding hydrogens is 258 g/mol. The maximum absolute atomic E-state index is 6.12. The first-order valence-electron chi connectivity index (χ1n) is 7.86. The molecule has 2 heteroatoms. The Morgan fingerprint density at radius 3 is 2.67 bits per heavy atom. The molecule has 1 heterocycles. The molecule has 0 amide bonds. The molecule has 21 heavy (non-hydrogen) atoms. The molecule has 1 aliphatic rings. The molecule has 2 unspecified atom stereocenters. The summed E-state index contributed by atoms with van der Waals surface area (Å²) >= 11 is 0. The highest BCUT2D eigenvalue weighted by atomic mass is 16.5. The van der Waals surface area contributed by atoms with Crippen molar-refractivity contribution >= 4 is 0 Å². The average molecular weight is 287 g/mol. The summed E-state index contributed by atoms with van der Waals surface area (Å²) in [5.74, 6) is 1.06. The third kappa shape index (κ3) is 4.34. The van der Waals surface area contributed by atoms with Crippen molar-refractivity contribution in [2.45, 2.75) is 59.1 Å². The summed E-state index contributed by atoms with van der Waals surface area (Å²) in [6.45, 7) is 15.9. The van der Waals surface area contributed by atoms with E-state index in [1.807, 2.05) is 0 Å². The van der Waals surface area contributed by atoms with E-state index in [2.05, 4.69) is 70.8 Å². The molecule has 1 aliphatic heterocycles. The van der Waals surface area contributed by atoms with Crippen LogP contribution in [0.1, 0.15) is 45.2 Å². The van der Waals surface area contributed by atoms with Crippen LogP contribution in [0, 0.1) is 12.3 Å². The molecule has 2 atom stereocenters. The van der Waals surface area contributed by atoms with E-state index in [0.717, 1.165) is 25.1 Å². The molecule has 0 bridgehead atoms. The van der Waals surface area contributed by atoms with Gasteiger partial charge in [0, 0.05) is 23.9 Å². The van der Waals surface area contributed by atoms with Crippen LogP contribution >= 0.6 is 0 Å². The van der Waals surface area contributed by atoms with Crippen molar-refractivity contribution in [3.63, 3.8) is 0 Å². The number of hydrogen-bond acceptors (Lipinski definition) is 2. The molecule has 0 spiro atoms. The van der Waals surface area contributed by atoms with Crippen LogP contribution in [0.25, 0.3) is 0 Å². The number of nitrogens with one attached hydrogen (secondary N) is 1. The lowest BCUT2D eigenvalue weighted by Gasteiger charge is -2.32. The Labute approximate surface area is 129 Å². The fraction of sp³-hybridized carbons (Fsp3) is 0.579. The Morgan fingerprint density at radius 1 is 1.33 bits per heavy atom. The zero-order valence-electron chi connectivity index (χ0n) is 14.1. The van der Waals surface area contributed by atoms with Gasteiger partial charge in [-0.3, -0.25) is 0 Å². The van der Waals surface area contributed by atoms with Crippen LogP contribution in [-0.4, -0.2) is 18.2 Å². The molecule has 0 saturated heterocycles. The fourth-order valence-electron chi connectivity index (χ4n) is 2.78. The number of ether oxygens (including phenoxy) is 1. The molecule has 0 fully saturated rings. The van der Waals surface area contributed by atoms with E-state index >= 15 is 0 Å². The molecule has 0 aromatic heterocycles. The summed E-state index contributed by atoms with van der Waals surface area (Å²) in [5.41, 5.74) is 2.82. The van der Waals surface area contributed by atoms with Gasteiger partial charge >= 0.3 is 0 Å². The fourth-order valence-corrected chi connectivity index (χ4v) is 2.78. The van der Waals surface area contributed by atoms with Crippen molar-refractivity contribution in [2.75, 3.05) is 6.54 Å². The highest BCUT2D eigenvalue weighted by Gasteiger charge is 2.31. The van der Waals surface area contributed by atoms with Gasteiger partial charge in [-0.05, 0) is 45.7 Å². The molecule has 0 aliphatic carbocycles. The van der Waals surface area contributed by atoms with Crippen LogP contribution in [0.3, 0.4) is 0 Å². The van der Waals surface area contributed by atoms with E-state index in [1.165, 1.54) is 11.1 Å². The van der Waals surface area contributed by atoms with Crippen LogP contribution in [0.5, 0.6) is 5.75 Å². The molecular formula is C19H29NO. The summed E-state index contributed by atoms with van der Waals surface area (Å²) in [7, 11) is 0. The van der Waals surface area contributed by atoms with Crippen molar-refractivity contribution in [1.29, 1.82) is 0 Å². The topological polar surface area (TPSA) is 21.3 Å². The van der Waals surface area contributed by atoms with Gasteiger partial charge in [0.1, 0.15) is 11.9 Å². The van der Waals surface area contributed by atoms with Gasteiger partial charge in [0.05, 0.1) is 0 Å². The Kier molecular flexibility index (Phi) is 4.48. The predicted molar refractivity (Wildman–Crippen MR) is 90.0 cm³/mol. The third-order valence-corrected chi connectivity index (χ3v) is 4.17. The lowest BCUT2D eigenvalue weighted by atomic mass is 9.82. The summed E-state index contributed by atoms with van der Waals surface area (Å²) < 4.78 is 6.12. The third-order valence-electron chi connectivity index (χ3n) is 4.17. The summed E-state index contributed by atoms with van der Waals surface area (Å²) in [5, 5.41) is 3.59. The van der Waals surface area contributed by atoms with Crippen molar-refractivity contribution in [2.24, 2.45) is 5.41 Å². The van der Waals surface area contributed by atoms with Crippen LogP contribution < -0.4 is 10.1 Å². The minimum atomic E-state index is 0.0506. The Balaban J connectivity index is 1.99. The Hall–Kier alpha value is -1.28. The van der Waals surface area contributed by atoms with Gasteiger partial charge in [0.25, 0.3) is 0 Å². The maximum atomic E-state index is 6.12. The monoisotopic (exact) mass is 287 g/mol. The Bertz CT molecular complexity index is 515. The second kappa shape index (κ2) is 5.84. The highest BCUT2D eigenvalue weighted by molar-refractivity contribution is 5.40. The van der Waals surface area contributed by atoms with Crippen LogP contribution in [0.2, 0.25) is 0 Å². The highest BCUT2D eigenvalue weighted by Crippen LogP contribution is 2.35. The predicted octanol–water partition coefficient (Wildman–Crippen LogP) is 4.27. The first kappa shape index (κ1) is 16.1. The maximum Gasteiger partial charge on any atom is 0.123 e. The molecule has 116 valence electrons. The van der Waals surface area contributed by atoms with E-state index in [9.17, 15) is 0 Å². The molecule has 0 radical (unpaired) electrons. The van der Waals surface area contributed by atoms with E-state index < -0.39 is 0 Å². The zero-order chi connectivity index (χ0) is 15.7. The standard InChI is InChI=1S/C19H29NO/c1-7-19(6,13-20-18(3,4)5)12-16-11-15-10-14(2)8-9-17(15)21-16/h7-10,16,20H,1,11-13H2,2-6H3. The lowest BCUT2D eigenvalue weighted by Crippen LogP contribution is -2.43. The van der Waals surface area contributed by atoms with Gasteiger partial charge in [0.15, 0.2) is 0 Å². The van der Waals surface area contributed by atoms with Crippen LogP contribution in [-0.2, 0) is 6.42 Å². The van der Waals surface area contributed by atoms with E-state index in [-0.39, 0.29) is 17.1 Å². The van der Waals surface area contributed by atoms with Crippen molar-refractivity contribution in [3.05, 3.63) is 42.0 Å². The van der Waals surface area contributed by atoms with Gasteiger partial charge in [-0.2, -0.15) is 0 Å². The minimum absolute atomic E-state index is 0.0506. The minimum Gasteiger partial charge on any atom is -0.490 e. The number of hydrogen-bond donors (Lipinski definition) is 1. The van der Waals surface area contributed by atoms with Gasteiger partial charge < -0.3 is 10.1 Å². The largest absolute Gasteiger partial charge is 0.490 e. The first-order chi connectivity index (χ1) is 9.71. The summed E-state index contributed by atoms with van der Waals surface area (Å²) in [4.78, 5) is 0. The first-order valence-corrected chi connectivity index (χ1v) is 7.86. The zero-order valence-corrected chi connectivity index (χ0v) is 14.1. The molecule has 2 rings (SSSR count). The average Bonchev–Trinajstić information content (AvgIpc) is 2.77. The number of benzene rings is 1. The second-order valence-electron chi connectivity index (χ2n) is 7.72. The quantitative estimate of drug-likeness (QED) is 0.817. The van der Waals surface area contributed by atoms with E-state index in [1.54, 1.807) is 0 Å². The van der Waals surface area contributed by atoms with Crippen molar-refractivity contribution < 1.29 is 4.74 Å². The van der Waals surface area contributed by atoms with Crippen LogP contribution in [0.4, 0.5) is 0 Å². The van der Waals surface area contributed by atoms with E-state index in [4.69, 9.17) is 4.74 Å². The molecule has 1 aromatic rings. The normalized spacial score (nSPS) is 20.5. The van der Waals surface area contributed by atoms with Gasteiger partial charge in [-0.1, -0.05) is 30.7 Å². The molecule has 0 saturated carbocycles. The van der Waals surface area contributed by atoms with Crippen LogP contribution in [0.15, 0.2) is 30.9 Å². The van der Waals surface area contributed by atoms with Gasteiger partial charge in [-0.15, -0.1) is 6.58 Å². The SMILES string of the molecule is C=CC(C)(CNC(C)(C)C)CC1Cc2cc(C)ccc2O1. The second-order valence-corrected chi connectivity index (χ2v) is 7.72. The number of aryl methyl sites for hydroxylation is 1. The molecule has 2 nitrogen and oxygen atoms in total. The van der Waals surface area contributed by atoms with Crippen molar-refractivity contribution in [3.8, 4) is 5.75 Å². The van der Waals surface area contributed by atoms with Gasteiger partial charge in [-0.25, -0.2) is 0 Å². The smallest absolute Gasteiger partial charge is 0.123 e. The number of fused-ring (bicyclic) bond motifs is 1. The molecule has 1 N–H and O–H groups in total. The van der Waals surface area contributed by atoms with E-state index in [0.29, 0.717) is 0 Å². The van der Waals surface area contributed by atoms with Gasteiger partial charge in [0.2, 0.25) is 0 Å². The summed E-state index contributed by atoms with van der Waals surface area (Å²) in [6, 6.07) is 6.46. The Morgan fingerprint density at radius 2 is 2.05 bits per heavy atom. The lowest BCUT2D eigenvalue weighted by molar-refractivity contribution is 0.164. The number of rotatable bonds is 5. The summed E-state index contributed by atoms with van der Waals surface area (Å²) in [6.07, 6.45) is 4.33. The van der Waals surface area contributed by atoms with Crippen molar-refractivity contribution in [1.82, 2.24) is 5.32 Å². The molecule has 1 aromatic carbocycles.